The first-order chi connectivity index (χ1) is 9.24. The Balaban J connectivity index is 1.91. The standard InChI is InChI=1S/C15H13ClN2O/c16-14-4-2-1-3-13(14)10-7-11(9-17-8-10)15(19)18-12-5-6-12/h1-4,7-9,12H,5-6H2,(H,18,19). The van der Waals surface area contributed by atoms with Crippen molar-refractivity contribution in [3.8, 4) is 11.1 Å². The molecule has 1 aromatic heterocycles. The second-order valence-corrected chi connectivity index (χ2v) is 5.10. The molecule has 0 bridgehead atoms. The third-order valence-electron chi connectivity index (χ3n) is 3.10. The summed E-state index contributed by atoms with van der Waals surface area (Å²) in [5.41, 5.74) is 2.32. The van der Waals surface area contributed by atoms with Gasteiger partial charge in [-0.25, -0.2) is 0 Å². The first kappa shape index (κ1) is 12.2. The summed E-state index contributed by atoms with van der Waals surface area (Å²) >= 11 is 6.16. The van der Waals surface area contributed by atoms with Crippen LogP contribution < -0.4 is 5.32 Å². The summed E-state index contributed by atoms with van der Waals surface area (Å²) in [4.78, 5) is 16.1. The van der Waals surface area contributed by atoms with Crippen LogP contribution in [0.4, 0.5) is 0 Å². The van der Waals surface area contributed by atoms with Crippen molar-refractivity contribution < 1.29 is 4.79 Å². The zero-order chi connectivity index (χ0) is 13.2. The Hall–Kier alpha value is -1.87. The van der Waals surface area contributed by atoms with Crippen LogP contribution in [0.2, 0.25) is 5.02 Å². The van der Waals surface area contributed by atoms with Gasteiger partial charge in [-0.2, -0.15) is 0 Å². The molecule has 1 heterocycles. The van der Waals surface area contributed by atoms with Gasteiger partial charge in [0.05, 0.1) is 5.56 Å². The first-order valence-corrected chi connectivity index (χ1v) is 6.62. The van der Waals surface area contributed by atoms with E-state index in [4.69, 9.17) is 11.6 Å². The second kappa shape index (κ2) is 5.02. The van der Waals surface area contributed by atoms with Gasteiger partial charge in [-0.15, -0.1) is 0 Å². The maximum Gasteiger partial charge on any atom is 0.253 e. The SMILES string of the molecule is O=C(NC1CC1)c1cncc(-c2ccccc2Cl)c1. The van der Waals surface area contributed by atoms with E-state index in [0.29, 0.717) is 16.6 Å². The topological polar surface area (TPSA) is 42.0 Å². The molecule has 3 rings (SSSR count). The number of amides is 1. The summed E-state index contributed by atoms with van der Waals surface area (Å²) in [6.45, 7) is 0. The highest BCUT2D eigenvalue weighted by Crippen LogP contribution is 2.27. The number of carbonyl (C=O) groups excluding carboxylic acids is 1. The summed E-state index contributed by atoms with van der Waals surface area (Å²) in [5, 5.41) is 3.61. The molecule has 0 aliphatic heterocycles. The number of carbonyl (C=O) groups is 1. The van der Waals surface area contributed by atoms with E-state index in [9.17, 15) is 4.79 Å². The lowest BCUT2D eigenvalue weighted by molar-refractivity contribution is 0.0951. The average Bonchev–Trinajstić information content (AvgIpc) is 3.23. The van der Waals surface area contributed by atoms with Crippen molar-refractivity contribution in [3.63, 3.8) is 0 Å². The molecule has 1 saturated carbocycles. The van der Waals surface area contributed by atoms with E-state index in [1.54, 1.807) is 12.4 Å². The van der Waals surface area contributed by atoms with Gasteiger partial charge in [-0.05, 0) is 25.0 Å². The van der Waals surface area contributed by atoms with E-state index >= 15 is 0 Å². The van der Waals surface area contributed by atoms with Crippen molar-refractivity contribution in [2.45, 2.75) is 18.9 Å². The molecule has 0 radical (unpaired) electrons. The van der Waals surface area contributed by atoms with Crippen molar-refractivity contribution in [2.24, 2.45) is 0 Å². The molecule has 0 atom stereocenters. The molecular formula is C15H13ClN2O. The van der Waals surface area contributed by atoms with Crippen LogP contribution >= 0.6 is 11.6 Å². The number of aromatic nitrogens is 1. The van der Waals surface area contributed by atoms with Gasteiger partial charge in [-0.3, -0.25) is 9.78 Å². The van der Waals surface area contributed by atoms with Crippen LogP contribution in [0, 0.1) is 0 Å². The Labute approximate surface area is 116 Å². The molecule has 3 nitrogen and oxygen atoms in total. The average molecular weight is 273 g/mol. The van der Waals surface area contributed by atoms with Gasteiger partial charge >= 0.3 is 0 Å². The molecule has 1 aromatic carbocycles. The summed E-state index contributed by atoms with van der Waals surface area (Å²) in [6.07, 6.45) is 5.44. The first-order valence-electron chi connectivity index (χ1n) is 6.25. The fourth-order valence-electron chi connectivity index (χ4n) is 1.90. The zero-order valence-electron chi connectivity index (χ0n) is 10.3. The number of hydrogen-bond acceptors (Lipinski definition) is 2. The minimum Gasteiger partial charge on any atom is -0.349 e. The lowest BCUT2D eigenvalue weighted by atomic mass is 10.1. The molecule has 1 N–H and O–H groups in total. The van der Waals surface area contributed by atoms with Gasteiger partial charge in [-0.1, -0.05) is 29.8 Å². The number of nitrogens with one attached hydrogen (secondary N) is 1. The molecular weight excluding hydrogens is 260 g/mol. The number of halogens is 1. The van der Waals surface area contributed by atoms with Crippen molar-refractivity contribution >= 4 is 17.5 Å². The van der Waals surface area contributed by atoms with Crippen LogP contribution in [0.5, 0.6) is 0 Å². The van der Waals surface area contributed by atoms with Crippen LogP contribution in [0.1, 0.15) is 23.2 Å². The van der Waals surface area contributed by atoms with Crippen molar-refractivity contribution in [1.82, 2.24) is 10.3 Å². The minimum atomic E-state index is -0.0658. The third kappa shape index (κ3) is 2.76. The molecule has 0 spiro atoms. The maximum atomic E-state index is 12.0. The number of nitrogens with zero attached hydrogens (tertiary/aromatic N) is 1. The Morgan fingerprint density at radius 3 is 2.79 bits per heavy atom. The molecule has 1 amide bonds. The summed E-state index contributed by atoms with van der Waals surface area (Å²) in [6, 6.07) is 9.71. The van der Waals surface area contributed by atoms with Crippen LogP contribution in [0.25, 0.3) is 11.1 Å². The Kier molecular flexibility index (Phi) is 3.22. The molecule has 0 unspecified atom stereocenters. The summed E-state index contributed by atoms with van der Waals surface area (Å²) in [7, 11) is 0. The van der Waals surface area contributed by atoms with E-state index < -0.39 is 0 Å². The van der Waals surface area contributed by atoms with Crippen LogP contribution in [-0.2, 0) is 0 Å². The highest BCUT2D eigenvalue weighted by molar-refractivity contribution is 6.33. The van der Waals surface area contributed by atoms with E-state index in [1.165, 1.54) is 0 Å². The van der Waals surface area contributed by atoms with Gasteiger partial charge in [0.2, 0.25) is 0 Å². The van der Waals surface area contributed by atoms with Gasteiger partial charge < -0.3 is 5.32 Å². The van der Waals surface area contributed by atoms with Crippen LogP contribution in [0.15, 0.2) is 42.7 Å². The maximum absolute atomic E-state index is 12.0. The Morgan fingerprint density at radius 1 is 1.26 bits per heavy atom. The van der Waals surface area contributed by atoms with E-state index in [1.807, 2.05) is 30.3 Å². The van der Waals surface area contributed by atoms with E-state index in [2.05, 4.69) is 10.3 Å². The fourth-order valence-corrected chi connectivity index (χ4v) is 2.15. The molecule has 1 fully saturated rings. The largest absolute Gasteiger partial charge is 0.349 e. The Morgan fingerprint density at radius 2 is 2.05 bits per heavy atom. The number of benzene rings is 1. The van der Waals surface area contributed by atoms with Crippen molar-refractivity contribution in [2.75, 3.05) is 0 Å². The molecule has 1 aliphatic carbocycles. The zero-order valence-corrected chi connectivity index (χ0v) is 11.0. The van der Waals surface area contributed by atoms with Crippen LogP contribution in [-0.4, -0.2) is 16.9 Å². The monoisotopic (exact) mass is 272 g/mol. The molecule has 0 saturated heterocycles. The molecule has 1 aliphatic rings. The number of pyridine rings is 1. The van der Waals surface area contributed by atoms with Gasteiger partial charge in [0, 0.05) is 34.6 Å². The van der Waals surface area contributed by atoms with Gasteiger partial charge in [0.25, 0.3) is 5.91 Å². The lowest BCUT2D eigenvalue weighted by Crippen LogP contribution is -2.25. The highest BCUT2D eigenvalue weighted by Gasteiger charge is 2.24. The fraction of sp³-hybridized carbons (Fsp3) is 0.200. The van der Waals surface area contributed by atoms with E-state index in [0.717, 1.165) is 24.0 Å². The quantitative estimate of drug-likeness (QED) is 0.932. The van der Waals surface area contributed by atoms with Crippen molar-refractivity contribution in [3.05, 3.63) is 53.3 Å². The normalized spacial score (nSPS) is 14.2. The van der Waals surface area contributed by atoms with Gasteiger partial charge in [0.1, 0.15) is 0 Å². The van der Waals surface area contributed by atoms with Crippen molar-refractivity contribution in [1.29, 1.82) is 0 Å². The number of rotatable bonds is 3. The second-order valence-electron chi connectivity index (χ2n) is 4.69. The lowest BCUT2D eigenvalue weighted by Gasteiger charge is -2.07. The Bertz CT molecular complexity index is 623. The van der Waals surface area contributed by atoms with E-state index in [-0.39, 0.29) is 5.91 Å². The molecule has 4 heteroatoms. The van der Waals surface area contributed by atoms with Gasteiger partial charge in [0.15, 0.2) is 0 Å². The predicted molar refractivity (Wildman–Crippen MR) is 75.2 cm³/mol. The predicted octanol–water partition coefficient (Wildman–Crippen LogP) is 3.29. The summed E-state index contributed by atoms with van der Waals surface area (Å²) in [5.74, 6) is -0.0658. The minimum absolute atomic E-state index is 0.0658. The highest BCUT2D eigenvalue weighted by atomic mass is 35.5. The molecule has 19 heavy (non-hydrogen) atoms. The van der Waals surface area contributed by atoms with Crippen LogP contribution in [0.3, 0.4) is 0 Å². The third-order valence-corrected chi connectivity index (χ3v) is 3.43. The molecule has 96 valence electrons. The number of hydrogen-bond donors (Lipinski definition) is 1. The summed E-state index contributed by atoms with van der Waals surface area (Å²) < 4.78 is 0. The molecule has 2 aromatic rings. The smallest absolute Gasteiger partial charge is 0.253 e.